The summed E-state index contributed by atoms with van der Waals surface area (Å²) in [7, 11) is 0. The van der Waals surface area contributed by atoms with E-state index in [1.165, 1.54) is 24.3 Å². The predicted octanol–water partition coefficient (Wildman–Crippen LogP) is 0.317. The Bertz CT molecular complexity index is 502. The second kappa shape index (κ2) is 5.02. The highest BCUT2D eigenvalue weighted by molar-refractivity contribution is 6.18. The zero-order valence-corrected chi connectivity index (χ0v) is 8.88. The first-order valence-electron chi connectivity index (χ1n) is 4.60. The Morgan fingerprint density at radius 1 is 1.35 bits per heavy atom. The maximum atomic E-state index is 11.0. The summed E-state index contributed by atoms with van der Waals surface area (Å²) in [5, 5.41) is 21.1. The van der Waals surface area contributed by atoms with Gasteiger partial charge in [-0.3, -0.25) is 14.9 Å². The number of carbonyl (C=O) groups excluding carboxylic acids is 2. The van der Waals surface area contributed by atoms with Crippen LogP contribution in [0.15, 0.2) is 29.8 Å². The van der Waals surface area contributed by atoms with Crippen molar-refractivity contribution in [3.05, 3.63) is 45.5 Å². The lowest BCUT2D eigenvalue weighted by Crippen LogP contribution is -2.27. The zero-order valence-electron chi connectivity index (χ0n) is 8.88. The first-order valence-corrected chi connectivity index (χ1v) is 4.60. The average Bonchev–Trinajstić information content (AvgIpc) is 2.25. The number of rotatable bonds is 4. The molecule has 0 radical (unpaired) electrons. The maximum absolute atomic E-state index is 11.0. The summed E-state index contributed by atoms with van der Waals surface area (Å²) < 4.78 is 0. The lowest BCUT2D eigenvalue weighted by Gasteiger charge is -2.04. The van der Waals surface area contributed by atoms with Gasteiger partial charge in [-0.15, -0.1) is 0 Å². The fourth-order valence-corrected chi connectivity index (χ4v) is 1.20. The number of carbonyl (C=O) groups is 2. The highest BCUT2D eigenvalue weighted by Gasteiger charge is 2.08. The normalized spacial score (nSPS) is 11.0. The molecule has 6 nitrogen and oxygen atoms in total. The zero-order chi connectivity index (χ0) is 13.0. The molecule has 0 N–H and O–H groups in total. The molecule has 0 aromatic heterocycles. The molecule has 0 aliphatic rings. The summed E-state index contributed by atoms with van der Waals surface area (Å²) in [6.45, 7) is 1.08. The van der Waals surface area contributed by atoms with E-state index in [0.29, 0.717) is 0 Å². The summed E-state index contributed by atoms with van der Waals surface area (Å²) >= 11 is 0. The smallest absolute Gasteiger partial charge is 0.270 e. The van der Waals surface area contributed by atoms with Crippen LogP contribution in [0.2, 0.25) is 0 Å². The fraction of sp³-hybridized carbons (Fsp3) is 0.0909. The Labute approximate surface area is 96.3 Å². The van der Waals surface area contributed by atoms with Crippen LogP contribution in [0, 0.1) is 10.1 Å². The van der Waals surface area contributed by atoms with Gasteiger partial charge >= 0.3 is 0 Å². The topological polar surface area (TPSA) is 100 Å². The van der Waals surface area contributed by atoms with Crippen molar-refractivity contribution in [3.63, 3.8) is 0 Å². The van der Waals surface area contributed by atoms with Crippen LogP contribution in [0.1, 0.15) is 12.5 Å². The van der Waals surface area contributed by atoms with Crippen LogP contribution in [0.25, 0.3) is 6.08 Å². The van der Waals surface area contributed by atoms with Gasteiger partial charge in [0.2, 0.25) is 0 Å². The molecule has 1 rings (SSSR count). The van der Waals surface area contributed by atoms with Gasteiger partial charge in [-0.05, 0) is 18.6 Å². The van der Waals surface area contributed by atoms with E-state index in [1.807, 2.05) is 0 Å². The van der Waals surface area contributed by atoms with Crippen LogP contribution in [0.3, 0.4) is 0 Å². The molecule has 0 fully saturated rings. The molecule has 0 aliphatic heterocycles. The van der Waals surface area contributed by atoms with Gasteiger partial charge in [-0.25, -0.2) is 0 Å². The van der Waals surface area contributed by atoms with Gasteiger partial charge in [0.1, 0.15) is 0 Å². The number of nitro groups is 1. The Hall–Kier alpha value is -2.50. The van der Waals surface area contributed by atoms with Gasteiger partial charge in [-0.2, -0.15) is 0 Å². The van der Waals surface area contributed by atoms with Crippen LogP contribution in [-0.4, -0.2) is 16.7 Å². The lowest BCUT2D eigenvalue weighted by atomic mass is 10.1. The van der Waals surface area contributed by atoms with Gasteiger partial charge in [-0.1, -0.05) is 12.1 Å². The van der Waals surface area contributed by atoms with E-state index in [1.54, 1.807) is 0 Å². The first kappa shape index (κ1) is 12.6. The van der Waals surface area contributed by atoms with Gasteiger partial charge in [0, 0.05) is 17.7 Å². The van der Waals surface area contributed by atoms with E-state index in [9.17, 15) is 24.8 Å². The molecule has 1 aromatic rings. The molecule has 0 aliphatic carbocycles. The van der Waals surface area contributed by atoms with Crippen LogP contribution < -0.4 is 5.11 Å². The molecule has 0 amide bonds. The lowest BCUT2D eigenvalue weighted by molar-refractivity contribution is -0.384. The van der Waals surface area contributed by atoms with Gasteiger partial charge in [0.05, 0.1) is 10.9 Å². The quantitative estimate of drug-likeness (QED) is 0.245. The third-order valence-electron chi connectivity index (χ3n) is 1.99. The number of hydrogen-bond donors (Lipinski definition) is 0. The predicted molar refractivity (Wildman–Crippen MR) is 56.8 cm³/mol. The summed E-state index contributed by atoms with van der Waals surface area (Å²) in [5.41, 5.74) is -0.445. The number of nitro benzene ring substituents is 1. The van der Waals surface area contributed by atoms with Crippen molar-refractivity contribution in [2.45, 2.75) is 6.92 Å². The molecular formula is C11H8NO5-. The summed E-state index contributed by atoms with van der Waals surface area (Å²) in [6, 6.07) is 5.30. The SMILES string of the molecule is CC(=O)/C(=C\c1cccc([N+](=O)[O-])c1)C(=O)[O-]. The van der Waals surface area contributed by atoms with E-state index in [0.717, 1.165) is 13.0 Å². The minimum Gasteiger partial charge on any atom is -0.545 e. The Morgan fingerprint density at radius 3 is 2.47 bits per heavy atom. The van der Waals surface area contributed by atoms with Gasteiger partial charge < -0.3 is 9.90 Å². The monoisotopic (exact) mass is 234 g/mol. The van der Waals surface area contributed by atoms with E-state index in [4.69, 9.17) is 0 Å². The highest BCUT2D eigenvalue weighted by atomic mass is 16.6. The standard InChI is InChI=1S/C11H9NO5/c1-7(13)10(11(14)15)6-8-3-2-4-9(5-8)12(16)17/h2-6H,1H3,(H,14,15)/p-1/b10-6+. The number of aliphatic carboxylic acids is 1. The largest absolute Gasteiger partial charge is 0.545 e. The molecule has 88 valence electrons. The van der Waals surface area contributed by atoms with Crippen molar-refractivity contribution in [2.24, 2.45) is 0 Å². The molecule has 0 saturated carbocycles. The third kappa shape index (κ3) is 3.23. The highest BCUT2D eigenvalue weighted by Crippen LogP contribution is 2.15. The molecule has 1 aromatic carbocycles. The molecule has 17 heavy (non-hydrogen) atoms. The van der Waals surface area contributed by atoms with Crippen LogP contribution in [-0.2, 0) is 9.59 Å². The third-order valence-corrected chi connectivity index (χ3v) is 1.99. The van der Waals surface area contributed by atoms with Crippen LogP contribution in [0.4, 0.5) is 5.69 Å². The van der Waals surface area contributed by atoms with E-state index in [-0.39, 0.29) is 11.3 Å². The van der Waals surface area contributed by atoms with Crippen molar-refractivity contribution in [1.29, 1.82) is 0 Å². The van der Waals surface area contributed by atoms with Crippen molar-refractivity contribution in [3.8, 4) is 0 Å². The Kier molecular flexibility index (Phi) is 3.71. The Morgan fingerprint density at radius 2 is 2.00 bits per heavy atom. The molecule has 0 unspecified atom stereocenters. The number of carboxylic acid groups (broad SMARTS) is 1. The van der Waals surface area contributed by atoms with Crippen molar-refractivity contribution < 1.29 is 19.6 Å². The second-order valence-corrected chi connectivity index (χ2v) is 3.25. The fourth-order valence-electron chi connectivity index (χ4n) is 1.20. The van der Waals surface area contributed by atoms with Crippen molar-refractivity contribution in [1.82, 2.24) is 0 Å². The van der Waals surface area contributed by atoms with Gasteiger partial charge in [0.25, 0.3) is 5.69 Å². The molecular weight excluding hydrogens is 226 g/mol. The number of hydrogen-bond acceptors (Lipinski definition) is 5. The maximum Gasteiger partial charge on any atom is 0.270 e. The summed E-state index contributed by atoms with van der Waals surface area (Å²) in [6.07, 6.45) is 1.05. The molecule has 0 heterocycles. The molecule has 0 atom stereocenters. The van der Waals surface area contributed by atoms with E-state index in [2.05, 4.69) is 0 Å². The Balaban J connectivity index is 3.20. The van der Waals surface area contributed by atoms with Crippen molar-refractivity contribution >= 4 is 23.5 Å². The van der Waals surface area contributed by atoms with Crippen molar-refractivity contribution in [2.75, 3.05) is 0 Å². The summed E-state index contributed by atoms with van der Waals surface area (Å²) in [4.78, 5) is 31.5. The molecule has 0 saturated heterocycles. The number of non-ortho nitro benzene ring substituents is 1. The summed E-state index contributed by atoms with van der Waals surface area (Å²) in [5.74, 6) is -2.28. The van der Waals surface area contributed by atoms with E-state index < -0.39 is 22.2 Å². The minimum atomic E-state index is -1.61. The molecule has 0 bridgehead atoms. The number of ketones is 1. The number of carboxylic acids is 1. The number of benzene rings is 1. The average molecular weight is 234 g/mol. The molecule has 6 heteroatoms. The van der Waals surface area contributed by atoms with Gasteiger partial charge in [0.15, 0.2) is 5.78 Å². The van der Waals surface area contributed by atoms with Crippen LogP contribution in [0.5, 0.6) is 0 Å². The first-order chi connectivity index (χ1) is 7.91. The number of nitrogens with zero attached hydrogens (tertiary/aromatic N) is 1. The minimum absolute atomic E-state index is 0.181. The molecule has 0 spiro atoms. The second-order valence-electron chi connectivity index (χ2n) is 3.25. The number of Topliss-reactive ketones (excluding diaryl/α,β-unsaturated/α-hetero) is 1. The van der Waals surface area contributed by atoms with Crippen LogP contribution >= 0.6 is 0 Å². The van der Waals surface area contributed by atoms with E-state index >= 15 is 0 Å².